The molecule has 1 saturated heterocycles. The molecule has 0 unspecified atom stereocenters. The van der Waals surface area contributed by atoms with Gasteiger partial charge >= 0.3 is 6.09 Å². The Bertz CT molecular complexity index is 530. The molecule has 5 nitrogen and oxygen atoms in total. The lowest BCUT2D eigenvalue weighted by Crippen LogP contribution is -2.56. The standard InChI is InChI=1S/C16H24FN3O2/c1-5-12-11-19(14-6-7-18-10-13(14)17)8-9-20(12)15(21)22-16(2,3)4/h6-7,10,12H,5,8-9,11H2,1-4H3/t12-/m1/s1. The lowest BCUT2D eigenvalue weighted by Gasteiger charge is -2.42. The summed E-state index contributed by atoms with van der Waals surface area (Å²) in [6, 6.07) is 1.68. The third-order valence-corrected chi connectivity index (χ3v) is 3.67. The first-order valence-corrected chi connectivity index (χ1v) is 7.66. The molecule has 6 heteroatoms. The number of aromatic nitrogens is 1. The van der Waals surface area contributed by atoms with Crippen LogP contribution in [0.2, 0.25) is 0 Å². The highest BCUT2D eigenvalue weighted by atomic mass is 19.1. The van der Waals surface area contributed by atoms with Crippen LogP contribution >= 0.6 is 0 Å². The molecule has 1 aromatic heterocycles. The van der Waals surface area contributed by atoms with Crippen LogP contribution in [-0.4, -0.2) is 47.3 Å². The molecule has 0 radical (unpaired) electrons. The van der Waals surface area contributed by atoms with Gasteiger partial charge in [0, 0.05) is 25.8 Å². The normalized spacial score (nSPS) is 19.2. The van der Waals surface area contributed by atoms with Crippen LogP contribution in [0.3, 0.4) is 0 Å². The van der Waals surface area contributed by atoms with Gasteiger partial charge in [-0.3, -0.25) is 4.98 Å². The Balaban J connectivity index is 2.09. The van der Waals surface area contributed by atoms with Crippen LogP contribution < -0.4 is 4.90 Å². The molecule has 0 aromatic carbocycles. The molecule has 0 saturated carbocycles. The van der Waals surface area contributed by atoms with E-state index in [1.54, 1.807) is 17.2 Å². The summed E-state index contributed by atoms with van der Waals surface area (Å²) in [5, 5.41) is 0. The van der Waals surface area contributed by atoms with Crippen molar-refractivity contribution >= 4 is 11.8 Å². The maximum absolute atomic E-state index is 13.9. The van der Waals surface area contributed by atoms with E-state index in [-0.39, 0.29) is 18.0 Å². The van der Waals surface area contributed by atoms with Crippen LogP contribution in [0.4, 0.5) is 14.9 Å². The van der Waals surface area contributed by atoms with Crippen LogP contribution in [0, 0.1) is 5.82 Å². The summed E-state index contributed by atoms with van der Waals surface area (Å²) >= 11 is 0. The van der Waals surface area contributed by atoms with Gasteiger partial charge in [-0.25, -0.2) is 9.18 Å². The second kappa shape index (κ2) is 6.50. The fraction of sp³-hybridized carbons (Fsp3) is 0.625. The summed E-state index contributed by atoms with van der Waals surface area (Å²) in [7, 11) is 0. The van der Waals surface area contributed by atoms with Gasteiger partial charge in [0.1, 0.15) is 5.60 Å². The molecule has 0 spiro atoms. The molecule has 22 heavy (non-hydrogen) atoms. The second-order valence-electron chi connectivity index (χ2n) is 6.51. The summed E-state index contributed by atoms with van der Waals surface area (Å²) in [6.07, 6.45) is 3.30. The molecule has 0 N–H and O–H groups in total. The zero-order valence-corrected chi connectivity index (χ0v) is 13.7. The summed E-state index contributed by atoms with van der Waals surface area (Å²) < 4.78 is 19.3. The predicted octanol–water partition coefficient (Wildman–Crippen LogP) is 3.06. The highest BCUT2D eigenvalue weighted by Crippen LogP contribution is 2.24. The Morgan fingerprint density at radius 3 is 2.77 bits per heavy atom. The van der Waals surface area contributed by atoms with E-state index in [1.165, 1.54) is 6.20 Å². The molecule has 0 aliphatic carbocycles. The van der Waals surface area contributed by atoms with Gasteiger partial charge in [0.15, 0.2) is 5.82 Å². The van der Waals surface area contributed by atoms with Crippen molar-refractivity contribution in [2.24, 2.45) is 0 Å². The maximum atomic E-state index is 13.9. The molecule has 1 aliphatic heterocycles. The molecule has 2 heterocycles. The van der Waals surface area contributed by atoms with Crippen LogP contribution in [0.5, 0.6) is 0 Å². The third kappa shape index (κ3) is 3.87. The Hall–Kier alpha value is -1.85. The minimum absolute atomic E-state index is 0.0103. The topological polar surface area (TPSA) is 45.7 Å². The summed E-state index contributed by atoms with van der Waals surface area (Å²) in [5.74, 6) is -0.330. The minimum Gasteiger partial charge on any atom is -0.444 e. The van der Waals surface area contributed by atoms with Crippen molar-refractivity contribution in [3.8, 4) is 0 Å². The Kier molecular flexibility index (Phi) is 4.88. The molecular weight excluding hydrogens is 285 g/mol. The van der Waals surface area contributed by atoms with Gasteiger partial charge in [-0.05, 0) is 33.3 Å². The number of pyridine rings is 1. The number of hydrogen-bond acceptors (Lipinski definition) is 4. The van der Waals surface area contributed by atoms with E-state index in [9.17, 15) is 9.18 Å². The molecule has 2 rings (SSSR count). The van der Waals surface area contributed by atoms with Gasteiger partial charge in [0.2, 0.25) is 0 Å². The quantitative estimate of drug-likeness (QED) is 0.842. The van der Waals surface area contributed by atoms with E-state index in [1.807, 2.05) is 32.6 Å². The monoisotopic (exact) mass is 309 g/mol. The van der Waals surface area contributed by atoms with Gasteiger partial charge in [-0.2, -0.15) is 0 Å². The smallest absolute Gasteiger partial charge is 0.410 e. The number of ether oxygens (including phenoxy) is 1. The molecule has 1 amide bonds. The van der Waals surface area contributed by atoms with Crippen molar-refractivity contribution in [2.45, 2.75) is 45.8 Å². The maximum Gasteiger partial charge on any atom is 0.410 e. The third-order valence-electron chi connectivity index (χ3n) is 3.67. The summed E-state index contributed by atoms with van der Waals surface area (Å²) in [6.45, 7) is 9.29. The number of halogens is 1. The van der Waals surface area contributed by atoms with E-state index in [2.05, 4.69) is 4.98 Å². The fourth-order valence-corrected chi connectivity index (χ4v) is 2.61. The molecule has 1 aromatic rings. The van der Waals surface area contributed by atoms with Gasteiger partial charge < -0.3 is 14.5 Å². The van der Waals surface area contributed by atoms with Crippen LogP contribution in [-0.2, 0) is 4.74 Å². The van der Waals surface area contributed by atoms with Crippen molar-refractivity contribution in [3.63, 3.8) is 0 Å². The zero-order chi connectivity index (χ0) is 16.3. The number of carbonyl (C=O) groups excluding carboxylic acids is 1. The average Bonchev–Trinajstić information content (AvgIpc) is 2.45. The highest BCUT2D eigenvalue weighted by molar-refractivity contribution is 5.69. The van der Waals surface area contributed by atoms with Crippen LogP contribution in [0.25, 0.3) is 0 Å². The number of anilines is 1. The first-order chi connectivity index (χ1) is 10.3. The van der Waals surface area contributed by atoms with Gasteiger partial charge in [-0.15, -0.1) is 0 Å². The summed E-state index contributed by atoms with van der Waals surface area (Å²) in [5.41, 5.74) is 0.0290. The summed E-state index contributed by atoms with van der Waals surface area (Å²) in [4.78, 5) is 19.8. The first kappa shape index (κ1) is 16.5. The zero-order valence-electron chi connectivity index (χ0n) is 13.7. The largest absolute Gasteiger partial charge is 0.444 e. The van der Waals surface area contributed by atoms with Crippen molar-refractivity contribution < 1.29 is 13.9 Å². The Labute approximate surface area is 131 Å². The van der Waals surface area contributed by atoms with Crippen molar-refractivity contribution in [2.75, 3.05) is 24.5 Å². The Morgan fingerprint density at radius 1 is 1.45 bits per heavy atom. The van der Waals surface area contributed by atoms with Crippen LogP contribution in [0.15, 0.2) is 18.5 Å². The number of carbonyl (C=O) groups is 1. The van der Waals surface area contributed by atoms with Crippen molar-refractivity contribution in [3.05, 3.63) is 24.3 Å². The highest BCUT2D eigenvalue weighted by Gasteiger charge is 2.33. The number of amides is 1. The van der Waals surface area contributed by atoms with E-state index < -0.39 is 5.60 Å². The van der Waals surface area contributed by atoms with Crippen LogP contribution in [0.1, 0.15) is 34.1 Å². The molecular formula is C16H24FN3O2. The lowest BCUT2D eigenvalue weighted by atomic mass is 10.1. The molecule has 1 aliphatic rings. The molecule has 1 fully saturated rings. The predicted molar refractivity (Wildman–Crippen MR) is 83.4 cm³/mol. The number of rotatable bonds is 2. The number of hydrogen-bond donors (Lipinski definition) is 0. The average molecular weight is 309 g/mol. The fourth-order valence-electron chi connectivity index (χ4n) is 2.61. The van der Waals surface area contributed by atoms with E-state index in [0.717, 1.165) is 6.42 Å². The van der Waals surface area contributed by atoms with E-state index in [0.29, 0.717) is 25.3 Å². The number of nitrogens with zero attached hydrogens (tertiary/aromatic N) is 3. The second-order valence-corrected chi connectivity index (χ2v) is 6.51. The molecule has 0 bridgehead atoms. The van der Waals surface area contributed by atoms with Crippen molar-refractivity contribution in [1.29, 1.82) is 0 Å². The number of piperazine rings is 1. The molecule has 1 atom stereocenters. The minimum atomic E-state index is -0.510. The lowest BCUT2D eigenvalue weighted by molar-refractivity contribution is 0.0136. The Morgan fingerprint density at radius 2 is 2.18 bits per heavy atom. The first-order valence-electron chi connectivity index (χ1n) is 7.66. The molecule has 122 valence electrons. The van der Waals surface area contributed by atoms with Gasteiger partial charge in [0.05, 0.1) is 17.9 Å². The van der Waals surface area contributed by atoms with E-state index in [4.69, 9.17) is 4.74 Å². The van der Waals surface area contributed by atoms with E-state index >= 15 is 0 Å². The SMILES string of the molecule is CC[C@@H]1CN(c2ccncc2F)CCN1C(=O)OC(C)(C)C. The van der Waals surface area contributed by atoms with Gasteiger partial charge in [-0.1, -0.05) is 6.92 Å². The van der Waals surface area contributed by atoms with Gasteiger partial charge in [0.25, 0.3) is 0 Å². The van der Waals surface area contributed by atoms with Crippen molar-refractivity contribution in [1.82, 2.24) is 9.88 Å².